The second kappa shape index (κ2) is 12.8. The minimum Gasteiger partial charge on any atom is -0.508 e. The number of benzene rings is 6. The fraction of sp³-hybridized carbons (Fsp3) is 0.0238. The van der Waals surface area contributed by atoms with Crippen LogP contribution in [0.15, 0.2) is 91.0 Å². The van der Waals surface area contributed by atoms with Crippen LogP contribution in [0.4, 0.5) is 0 Å². The second-order valence-corrected chi connectivity index (χ2v) is 13.7. The zero-order chi connectivity index (χ0) is 38.5. The van der Waals surface area contributed by atoms with Crippen molar-refractivity contribution < 1.29 is 5.11 Å². The van der Waals surface area contributed by atoms with E-state index in [0.29, 0.717) is 5.56 Å². The van der Waals surface area contributed by atoms with Crippen molar-refractivity contribution in [3.05, 3.63) is 124 Å². The lowest BCUT2D eigenvalue weighted by atomic mass is 9.60. The zero-order valence-electron chi connectivity index (χ0n) is 29.3. The molecule has 13 heteroatoms. The Morgan fingerprint density at radius 1 is 0.400 bits per heavy atom. The summed E-state index contributed by atoms with van der Waals surface area (Å²) in [6.45, 7) is 0. The summed E-state index contributed by atoms with van der Waals surface area (Å²) in [5, 5.41) is 11.3. The molecule has 0 amide bonds. The number of hydrogen-bond acceptors (Lipinski definition) is 4. The number of hydrogen-bond donors (Lipinski definition) is 1. The van der Waals surface area contributed by atoms with Gasteiger partial charge in [-0.1, -0.05) is 119 Å². The zero-order valence-corrected chi connectivity index (χ0v) is 29.3. The molecule has 0 unspecified atom stereocenters. The van der Waals surface area contributed by atoms with Crippen LogP contribution >= 0.6 is 0 Å². The molecular formula is C42H18B9N3O. The first-order valence-corrected chi connectivity index (χ1v) is 17.3. The van der Waals surface area contributed by atoms with Crippen molar-refractivity contribution in [1.82, 2.24) is 15.0 Å². The summed E-state index contributed by atoms with van der Waals surface area (Å²) in [7, 11) is 56.6. The van der Waals surface area contributed by atoms with Crippen LogP contribution < -0.4 is 49.2 Å². The van der Waals surface area contributed by atoms with Crippen LogP contribution in [0.5, 0.6) is 5.75 Å². The molecule has 0 atom stereocenters. The van der Waals surface area contributed by atoms with Crippen LogP contribution in [-0.4, -0.2) is 90.7 Å². The van der Waals surface area contributed by atoms with Gasteiger partial charge in [0.05, 0.1) is 11.0 Å². The van der Waals surface area contributed by atoms with E-state index in [0.717, 1.165) is 44.5 Å². The molecule has 234 valence electrons. The van der Waals surface area contributed by atoms with Crippen LogP contribution in [0.1, 0.15) is 33.4 Å². The summed E-state index contributed by atoms with van der Waals surface area (Å²) < 4.78 is 0. The fourth-order valence-corrected chi connectivity index (χ4v) is 8.16. The molecule has 0 aliphatic heterocycles. The van der Waals surface area contributed by atoms with Crippen LogP contribution in [0.3, 0.4) is 0 Å². The monoisotopic (exact) mass is 679 g/mol. The second-order valence-electron chi connectivity index (χ2n) is 13.7. The largest absolute Gasteiger partial charge is 0.508 e. The average molecular weight is 678 g/mol. The standard InChI is InChI=1S/C42H18B9N3O/c43-29-27(30(44)33(47)35(49)32(29)46)40-52-39(53-41(54-40)28-31(45)34(48)36(50)37(51)38(28)55)20-15-16-26-22(17-20)21-9-3-6-12-25(21)42(26)23-10-4-1-7-18(23)13-14-19-8-2-5-11-24(19)42/h1-17,55H. The molecule has 2 aliphatic carbocycles. The summed E-state index contributed by atoms with van der Waals surface area (Å²) in [4.78, 5) is 14.4. The first-order chi connectivity index (χ1) is 26.4. The maximum absolute atomic E-state index is 11.3. The summed E-state index contributed by atoms with van der Waals surface area (Å²) in [5.74, 6) is -0.383. The van der Waals surface area contributed by atoms with Crippen molar-refractivity contribution in [3.8, 4) is 51.0 Å². The highest BCUT2D eigenvalue weighted by Crippen LogP contribution is 2.58. The molecule has 1 N–H and O–H groups in total. The van der Waals surface area contributed by atoms with E-state index < -0.39 is 11.2 Å². The first kappa shape index (κ1) is 35.2. The number of phenolic OH excluding ortho intramolecular Hbond substituents is 1. The Balaban J connectivity index is 1.35. The highest BCUT2D eigenvalue weighted by Gasteiger charge is 2.48. The van der Waals surface area contributed by atoms with Gasteiger partial charge in [-0.3, -0.25) is 0 Å². The number of aromatic hydroxyl groups is 1. The van der Waals surface area contributed by atoms with Crippen LogP contribution in [0, 0.1) is 0 Å². The maximum Gasteiger partial charge on any atom is 0.167 e. The van der Waals surface area contributed by atoms with Gasteiger partial charge in [-0.05, 0) is 50.6 Å². The van der Waals surface area contributed by atoms with Gasteiger partial charge in [0.15, 0.2) is 17.5 Å². The lowest BCUT2D eigenvalue weighted by molar-refractivity contribution is 0.482. The Bertz CT molecular complexity index is 2660. The van der Waals surface area contributed by atoms with Crippen LogP contribution in [0.2, 0.25) is 0 Å². The number of rotatable bonds is 3. The predicted octanol–water partition coefficient (Wildman–Crippen LogP) is -1.43. The molecule has 0 saturated heterocycles. The molecule has 2 aliphatic rings. The van der Waals surface area contributed by atoms with Crippen molar-refractivity contribution in [3.63, 3.8) is 0 Å². The van der Waals surface area contributed by atoms with Gasteiger partial charge in [-0.15, -0.1) is 27.3 Å². The molecule has 9 rings (SSSR count). The molecule has 18 radical (unpaired) electrons. The molecule has 0 bridgehead atoms. The maximum atomic E-state index is 11.3. The lowest BCUT2D eigenvalue weighted by Crippen LogP contribution is -2.55. The Labute approximate surface area is 331 Å². The average Bonchev–Trinajstić information content (AvgIpc) is 3.41. The number of aromatic nitrogens is 3. The summed E-state index contributed by atoms with van der Waals surface area (Å²) in [6, 6.07) is 31.5. The molecule has 1 heterocycles. The smallest absolute Gasteiger partial charge is 0.167 e. The third-order valence-corrected chi connectivity index (χ3v) is 10.9. The van der Waals surface area contributed by atoms with E-state index in [1.165, 1.54) is 0 Å². The Hall–Kier alpha value is -5.55. The topological polar surface area (TPSA) is 58.9 Å². The van der Waals surface area contributed by atoms with Gasteiger partial charge in [-0.25, -0.2) is 15.0 Å². The highest BCUT2D eigenvalue weighted by atomic mass is 16.3. The SMILES string of the molecule is [B]c1c([B])c([B])c(-c2nc(-c3ccc4c(c3)-c3ccccc3C43c4ccccc4C=Cc4ccccc43)nc(-c3c([B])c([B])c([B])c([B])c3O)n2)c([B])c1[B]. The van der Waals surface area contributed by atoms with Gasteiger partial charge < -0.3 is 5.11 Å². The van der Waals surface area contributed by atoms with E-state index in [1.54, 1.807) is 0 Å². The van der Waals surface area contributed by atoms with Gasteiger partial charge in [-0.2, -0.15) is 0 Å². The van der Waals surface area contributed by atoms with Crippen molar-refractivity contribution in [1.29, 1.82) is 0 Å². The Morgan fingerprint density at radius 3 is 1.44 bits per heavy atom. The predicted molar refractivity (Wildman–Crippen MR) is 233 cm³/mol. The highest BCUT2D eigenvalue weighted by molar-refractivity contribution is 6.69. The molecule has 4 nitrogen and oxygen atoms in total. The van der Waals surface area contributed by atoms with Crippen LogP contribution in [-0.2, 0) is 5.41 Å². The first-order valence-electron chi connectivity index (χ1n) is 17.3. The van der Waals surface area contributed by atoms with Crippen molar-refractivity contribution in [2.24, 2.45) is 0 Å². The molecule has 7 aromatic rings. The third-order valence-electron chi connectivity index (χ3n) is 10.9. The van der Waals surface area contributed by atoms with Gasteiger partial charge in [0.2, 0.25) is 0 Å². The lowest BCUT2D eigenvalue weighted by Gasteiger charge is -2.35. The molecule has 6 aromatic carbocycles. The molecule has 0 saturated carbocycles. The fourth-order valence-electron chi connectivity index (χ4n) is 8.16. The number of nitrogens with zero attached hydrogens (tertiary/aromatic N) is 3. The van der Waals surface area contributed by atoms with Gasteiger partial charge in [0.1, 0.15) is 76.4 Å². The van der Waals surface area contributed by atoms with Gasteiger partial charge in [0, 0.05) is 11.1 Å². The Kier molecular flexibility index (Phi) is 8.16. The van der Waals surface area contributed by atoms with Crippen molar-refractivity contribution in [2.45, 2.75) is 5.41 Å². The van der Waals surface area contributed by atoms with Gasteiger partial charge in [0.25, 0.3) is 0 Å². The van der Waals surface area contributed by atoms with Gasteiger partial charge >= 0.3 is 0 Å². The summed E-state index contributed by atoms with van der Waals surface area (Å²) >= 11 is 0. The number of phenols is 1. The quantitative estimate of drug-likeness (QED) is 0.233. The van der Waals surface area contributed by atoms with E-state index >= 15 is 0 Å². The molecule has 55 heavy (non-hydrogen) atoms. The molecule has 1 spiro atoms. The minimum atomic E-state index is -0.641. The van der Waals surface area contributed by atoms with Crippen molar-refractivity contribution in [2.75, 3.05) is 0 Å². The van der Waals surface area contributed by atoms with Crippen LogP contribution in [0.25, 0.3) is 57.4 Å². The number of fused-ring (bicyclic) bond motifs is 9. The molecule has 0 fully saturated rings. The molecular weight excluding hydrogens is 660 g/mol. The normalized spacial score (nSPS) is 13.2. The third kappa shape index (κ3) is 4.94. The van der Waals surface area contributed by atoms with E-state index in [1.807, 2.05) is 18.2 Å². The summed E-state index contributed by atoms with van der Waals surface area (Å²) in [5.41, 5.74) is 8.47. The minimum absolute atomic E-state index is 0.00459. The van der Waals surface area contributed by atoms with E-state index in [-0.39, 0.29) is 77.8 Å². The van der Waals surface area contributed by atoms with E-state index in [2.05, 4.69) is 89.9 Å². The van der Waals surface area contributed by atoms with E-state index in [4.69, 9.17) is 80.6 Å². The summed E-state index contributed by atoms with van der Waals surface area (Å²) in [6.07, 6.45) is 4.36. The van der Waals surface area contributed by atoms with Crippen molar-refractivity contribution >= 4 is 132 Å². The van der Waals surface area contributed by atoms with E-state index in [9.17, 15) is 5.11 Å². The molecule has 1 aromatic heterocycles. The Morgan fingerprint density at radius 2 is 0.836 bits per heavy atom.